The second kappa shape index (κ2) is 7.59. The number of hydrogen-bond donors (Lipinski definition) is 0. The summed E-state index contributed by atoms with van der Waals surface area (Å²) >= 11 is 1.56. The number of nitrogens with zero attached hydrogens (tertiary/aromatic N) is 5. The van der Waals surface area contributed by atoms with Gasteiger partial charge in [0.1, 0.15) is 17.5 Å². The summed E-state index contributed by atoms with van der Waals surface area (Å²) in [7, 11) is 0. The van der Waals surface area contributed by atoms with Crippen molar-refractivity contribution in [3.63, 3.8) is 0 Å². The first kappa shape index (κ1) is 17.2. The third kappa shape index (κ3) is 3.66. The molecule has 2 aromatic heterocycles. The highest BCUT2D eigenvalue weighted by atomic mass is 32.1. The van der Waals surface area contributed by atoms with Crippen LogP contribution in [-0.4, -0.2) is 73.3 Å². The maximum atomic E-state index is 12.5. The maximum absolute atomic E-state index is 12.5. The van der Waals surface area contributed by atoms with Crippen LogP contribution in [0.25, 0.3) is 0 Å². The van der Waals surface area contributed by atoms with Crippen LogP contribution in [-0.2, 0) is 4.74 Å². The van der Waals surface area contributed by atoms with E-state index >= 15 is 0 Å². The first-order valence-corrected chi connectivity index (χ1v) is 9.90. The van der Waals surface area contributed by atoms with Gasteiger partial charge in [0.2, 0.25) is 0 Å². The minimum Gasteiger partial charge on any atom is -0.378 e. The molecule has 0 atom stereocenters. The number of aryl methyl sites for hydroxylation is 1. The molecule has 2 aliphatic rings. The van der Waals surface area contributed by atoms with Gasteiger partial charge in [0.15, 0.2) is 0 Å². The fourth-order valence-corrected chi connectivity index (χ4v) is 3.99. The van der Waals surface area contributed by atoms with Crippen LogP contribution in [0, 0.1) is 6.92 Å². The van der Waals surface area contributed by atoms with Crippen molar-refractivity contribution in [3.05, 3.63) is 34.3 Å². The van der Waals surface area contributed by atoms with Crippen molar-refractivity contribution in [3.8, 4) is 0 Å². The molecular formula is C18H23N5O2S. The smallest absolute Gasteiger partial charge is 0.254 e. The zero-order valence-corrected chi connectivity index (χ0v) is 15.7. The monoisotopic (exact) mass is 373 g/mol. The van der Waals surface area contributed by atoms with Gasteiger partial charge in [0.25, 0.3) is 5.91 Å². The molecule has 8 heteroatoms. The van der Waals surface area contributed by atoms with Crippen molar-refractivity contribution < 1.29 is 9.53 Å². The van der Waals surface area contributed by atoms with Gasteiger partial charge in [-0.05, 0) is 18.4 Å². The lowest BCUT2D eigenvalue weighted by molar-refractivity contribution is 0.0747. The molecule has 4 heterocycles. The summed E-state index contributed by atoms with van der Waals surface area (Å²) in [6.45, 7) is 8.13. The number of rotatable bonds is 3. The van der Waals surface area contributed by atoms with E-state index in [-0.39, 0.29) is 5.91 Å². The van der Waals surface area contributed by atoms with Crippen molar-refractivity contribution >= 4 is 28.9 Å². The number of carbonyl (C=O) groups excluding carboxylic acids is 1. The molecule has 2 aliphatic heterocycles. The molecule has 0 spiro atoms. The number of carbonyl (C=O) groups is 1. The summed E-state index contributed by atoms with van der Waals surface area (Å²) in [6, 6.07) is 3.95. The van der Waals surface area contributed by atoms with E-state index in [1.165, 1.54) is 0 Å². The van der Waals surface area contributed by atoms with Crippen LogP contribution in [0.15, 0.2) is 22.9 Å². The predicted molar refractivity (Wildman–Crippen MR) is 102 cm³/mol. The summed E-state index contributed by atoms with van der Waals surface area (Å²) in [5, 5.41) is 3.86. The molecule has 4 rings (SSSR count). The number of amides is 1. The van der Waals surface area contributed by atoms with E-state index in [0.717, 1.165) is 62.4 Å². The van der Waals surface area contributed by atoms with Crippen LogP contribution in [0.2, 0.25) is 0 Å². The van der Waals surface area contributed by atoms with Gasteiger partial charge >= 0.3 is 0 Å². The molecule has 0 N–H and O–H groups in total. The Balaban J connectivity index is 1.44. The minimum absolute atomic E-state index is 0.124. The van der Waals surface area contributed by atoms with Crippen LogP contribution >= 0.6 is 11.3 Å². The van der Waals surface area contributed by atoms with Gasteiger partial charge in [-0.3, -0.25) is 4.79 Å². The quantitative estimate of drug-likeness (QED) is 0.815. The Morgan fingerprint density at radius 3 is 2.31 bits per heavy atom. The molecule has 26 heavy (non-hydrogen) atoms. The standard InChI is InChI=1S/C18H23N5O2S/c1-14-19-16(12-17(20-14)22-7-9-25-10-8-22)21-3-5-23(6-4-21)18(24)15-2-11-26-13-15/h2,11-13H,3-10H2,1H3. The lowest BCUT2D eigenvalue weighted by Crippen LogP contribution is -2.49. The van der Waals surface area contributed by atoms with Crippen molar-refractivity contribution in [2.75, 3.05) is 62.3 Å². The first-order valence-electron chi connectivity index (χ1n) is 8.95. The summed E-state index contributed by atoms with van der Waals surface area (Å²) in [4.78, 5) is 28.1. The summed E-state index contributed by atoms with van der Waals surface area (Å²) in [6.07, 6.45) is 0. The van der Waals surface area contributed by atoms with Gasteiger partial charge in [0.05, 0.1) is 18.8 Å². The van der Waals surface area contributed by atoms with E-state index in [2.05, 4.69) is 25.8 Å². The highest BCUT2D eigenvalue weighted by Gasteiger charge is 2.24. The third-order valence-electron chi connectivity index (χ3n) is 4.80. The number of piperazine rings is 1. The number of hydrogen-bond acceptors (Lipinski definition) is 7. The van der Waals surface area contributed by atoms with E-state index < -0.39 is 0 Å². The maximum Gasteiger partial charge on any atom is 0.254 e. The van der Waals surface area contributed by atoms with E-state index in [4.69, 9.17) is 4.74 Å². The Kier molecular flexibility index (Phi) is 5.03. The highest BCUT2D eigenvalue weighted by molar-refractivity contribution is 7.08. The largest absolute Gasteiger partial charge is 0.378 e. The van der Waals surface area contributed by atoms with Gasteiger partial charge in [-0.1, -0.05) is 0 Å². The Morgan fingerprint density at radius 1 is 1.04 bits per heavy atom. The average Bonchev–Trinajstić information content (AvgIpc) is 3.22. The molecule has 0 unspecified atom stereocenters. The molecule has 0 aliphatic carbocycles. The summed E-state index contributed by atoms with van der Waals surface area (Å²) < 4.78 is 5.43. The Hall–Kier alpha value is -2.19. The molecule has 0 radical (unpaired) electrons. The van der Waals surface area contributed by atoms with Crippen LogP contribution in [0.4, 0.5) is 11.6 Å². The molecule has 2 fully saturated rings. The first-order chi connectivity index (χ1) is 12.7. The molecule has 0 aromatic carbocycles. The van der Waals surface area contributed by atoms with E-state index in [1.807, 2.05) is 28.7 Å². The summed E-state index contributed by atoms with van der Waals surface area (Å²) in [5.74, 6) is 2.81. The zero-order chi connectivity index (χ0) is 17.9. The van der Waals surface area contributed by atoms with Gasteiger partial charge in [0, 0.05) is 50.7 Å². The molecule has 2 saturated heterocycles. The topological polar surface area (TPSA) is 61.8 Å². The Morgan fingerprint density at radius 2 is 1.69 bits per heavy atom. The number of aromatic nitrogens is 2. The Bertz CT molecular complexity index is 753. The van der Waals surface area contributed by atoms with Crippen LogP contribution in [0.3, 0.4) is 0 Å². The van der Waals surface area contributed by atoms with Crippen molar-refractivity contribution in [1.29, 1.82) is 0 Å². The van der Waals surface area contributed by atoms with Gasteiger partial charge < -0.3 is 19.4 Å². The second-order valence-electron chi connectivity index (χ2n) is 6.52. The molecule has 138 valence electrons. The van der Waals surface area contributed by atoms with Gasteiger partial charge in [-0.25, -0.2) is 9.97 Å². The summed E-state index contributed by atoms with van der Waals surface area (Å²) in [5.41, 5.74) is 0.788. The molecule has 7 nitrogen and oxygen atoms in total. The number of thiophene rings is 1. The molecular weight excluding hydrogens is 350 g/mol. The Labute approximate surface area is 157 Å². The molecule has 0 bridgehead atoms. The van der Waals surface area contributed by atoms with E-state index in [1.54, 1.807) is 11.3 Å². The van der Waals surface area contributed by atoms with Gasteiger partial charge in [-0.2, -0.15) is 11.3 Å². The average molecular weight is 373 g/mol. The zero-order valence-electron chi connectivity index (χ0n) is 14.9. The third-order valence-corrected chi connectivity index (χ3v) is 5.49. The SMILES string of the molecule is Cc1nc(N2CCOCC2)cc(N2CCN(C(=O)c3ccsc3)CC2)n1. The number of anilines is 2. The fraction of sp³-hybridized carbons (Fsp3) is 0.500. The predicted octanol–water partition coefficient (Wildman–Crippen LogP) is 1.65. The number of morpholine rings is 1. The molecule has 2 aromatic rings. The van der Waals surface area contributed by atoms with Crippen molar-refractivity contribution in [1.82, 2.24) is 14.9 Å². The lowest BCUT2D eigenvalue weighted by atomic mass is 10.2. The van der Waals surface area contributed by atoms with Crippen molar-refractivity contribution in [2.24, 2.45) is 0 Å². The highest BCUT2D eigenvalue weighted by Crippen LogP contribution is 2.22. The lowest BCUT2D eigenvalue weighted by Gasteiger charge is -2.36. The number of ether oxygens (including phenoxy) is 1. The van der Waals surface area contributed by atoms with E-state index in [0.29, 0.717) is 13.1 Å². The second-order valence-corrected chi connectivity index (χ2v) is 7.30. The van der Waals surface area contributed by atoms with Crippen molar-refractivity contribution in [2.45, 2.75) is 6.92 Å². The molecule has 0 saturated carbocycles. The van der Waals surface area contributed by atoms with Gasteiger partial charge in [-0.15, -0.1) is 0 Å². The molecule has 1 amide bonds. The fourth-order valence-electron chi connectivity index (χ4n) is 3.36. The van der Waals surface area contributed by atoms with Crippen LogP contribution in [0.5, 0.6) is 0 Å². The van der Waals surface area contributed by atoms with Crippen LogP contribution < -0.4 is 9.80 Å². The normalized spacial score (nSPS) is 18.3. The minimum atomic E-state index is 0.124. The van der Waals surface area contributed by atoms with Crippen LogP contribution in [0.1, 0.15) is 16.2 Å². The van der Waals surface area contributed by atoms with E-state index in [9.17, 15) is 4.79 Å².